The minimum absolute atomic E-state index is 0.120. The fourth-order valence-corrected chi connectivity index (χ4v) is 3.00. The third-order valence-corrected chi connectivity index (χ3v) is 4.36. The molecule has 0 bridgehead atoms. The number of carbonyl (C=O) groups excluding carboxylic acids is 2. The van der Waals surface area contributed by atoms with Gasteiger partial charge in [-0.3, -0.25) is 9.59 Å². The third-order valence-electron chi connectivity index (χ3n) is 3.42. The lowest BCUT2D eigenvalue weighted by Gasteiger charge is -2.18. The molecule has 9 heteroatoms. The minimum Gasteiger partial charge on any atom is -0.479 e. The summed E-state index contributed by atoms with van der Waals surface area (Å²) < 4.78 is 26.3. The Bertz CT molecular complexity index is 791. The molecule has 2 amide bonds. The van der Waals surface area contributed by atoms with E-state index in [0.717, 1.165) is 12.1 Å². The number of thiophene rings is 1. The van der Waals surface area contributed by atoms with Gasteiger partial charge in [0.1, 0.15) is 17.7 Å². The molecule has 0 saturated heterocycles. The van der Waals surface area contributed by atoms with Crippen molar-refractivity contribution in [2.24, 2.45) is 0 Å². The Kier molecular flexibility index (Phi) is 6.40. The summed E-state index contributed by atoms with van der Waals surface area (Å²) in [4.78, 5) is 35.9. The van der Waals surface area contributed by atoms with Crippen LogP contribution < -0.4 is 10.6 Å². The maximum Gasteiger partial charge on any atom is 0.331 e. The molecule has 2 atom stereocenters. The summed E-state index contributed by atoms with van der Waals surface area (Å²) in [5.41, 5.74) is 0.120. The van der Waals surface area contributed by atoms with Crippen molar-refractivity contribution in [3.63, 3.8) is 0 Å². The summed E-state index contributed by atoms with van der Waals surface area (Å²) in [6.45, 7) is 1.38. The maximum atomic E-state index is 13.1. The molecule has 0 unspecified atom stereocenters. The van der Waals surface area contributed by atoms with E-state index in [1.807, 2.05) is 0 Å². The lowest BCUT2D eigenvalue weighted by Crippen LogP contribution is -2.47. The molecule has 0 fully saturated rings. The Labute approximate surface area is 151 Å². The topological polar surface area (TPSA) is 95.5 Å². The second kappa shape index (κ2) is 8.52. The van der Waals surface area contributed by atoms with Crippen LogP contribution in [0.15, 0.2) is 35.7 Å². The molecule has 0 aliphatic carbocycles. The number of nitrogens with one attached hydrogen (secondary N) is 2. The number of amides is 2. The summed E-state index contributed by atoms with van der Waals surface area (Å²) in [5.74, 6) is -4.16. The predicted molar refractivity (Wildman–Crippen MR) is 90.5 cm³/mol. The van der Waals surface area contributed by atoms with E-state index in [2.05, 4.69) is 10.6 Å². The molecule has 3 N–H and O–H groups in total. The van der Waals surface area contributed by atoms with E-state index in [1.54, 1.807) is 17.5 Å². The smallest absolute Gasteiger partial charge is 0.331 e. The third kappa shape index (κ3) is 5.35. The van der Waals surface area contributed by atoms with Gasteiger partial charge in [0.05, 0.1) is 6.42 Å². The number of rotatable bonds is 7. The van der Waals surface area contributed by atoms with Crippen molar-refractivity contribution in [2.75, 3.05) is 0 Å². The Balaban J connectivity index is 1.95. The first-order valence-electron chi connectivity index (χ1n) is 7.57. The predicted octanol–water partition coefficient (Wildman–Crippen LogP) is 2.02. The molecule has 138 valence electrons. The van der Waals surface area contributed by atoms with Crippen LogP contribution in [-0.2, 0) is 20.8 Å². The van der Waals surface area contributed by atoms with Crippen molar-refractivity contribution >= 4 is 29.1 Å². The largest absolute Gasteiger partial charge is 0.479 e. The van der Waals surface area contributed by atoms with Gasteiger partial charge in [-0.05, 0) is 36.1 Å². The van der Waals surface area contributed by atoms with Crippen molar-refractivity contribution in [3.8, 4) is 0 Å². The van der Waals surface area contributed by atoms with E-state index in [9.17, 15) is 28.3 Å². The van der Waals surface area contributed by atoms with Gasteiger partial charge in [-0.2, -0.15) is 0 Å². The lowest BCUT2D eigenvalue weighted by atomic mass is 10.1. The first kappa shape index (κ1) is 19.5. The average Bonchev–Trinajstić information content (AvgIpc) is 3.04. The number of carboxylic acids is 1. The van der Waals surface area contributed by atoms with Gasteiger partial charge in [0.25, 0.3) is 0 Å². The molecule has 0 aliphatic rings. The van der Waals surface area contributed by atoms with E-state index in [-0.39, 0.29) is 12.0 Å². The Morgan fingerprint density at radius 3 is 2.35 bits per heavy atom. The molecule has 26 heavy (non-hydrogen) atoms. The number of benzene rings is 1. The summed E-state index contributed by atoms with van der Waals surface area (Å²) in [7, 11) is 0. The highest BCUT2D eigenvalue weighted by molar-refractivity contribution is 7.10. The number of carbonyl (C=O) groups is 3. The highest BCUT2D eigenvalue weighted by Gasteiger charge is 2.26. The van der Waals surface area contributed by atoms with E-state index >= 15 is 0 Å². The molecule has 6 nitrogen and oxygen atoms in total. The second-order valence-corrected chi connectivity index (χ2v) is 6.52. The molecule has 1 heterocycles. The van der Waals surface area contributed by atoms with Gasteiger partial charge in [0.15, 0.2) is 6.04 Å². The van der Waals surface area contributed by atoms with Crippen molar-refractivity contribution in [2.45, 2.75) is 25.4 Å². The fraction of sp³-hybridized carbons (Fsp3) is 0.235. The highest BCUT2D eigenvalue weighted by Crippen LogP contribution is 2.19. The van der Waals surface area contributed by atoms with Crippen molar-refractivity contribution in [3.05, 3.63) is 57.8 Å². The highest BCUT2D eigenvalue weighted by atomic mass is 32.1. The van der Waals surface area contributed by atoms with Gasteiger partial charge in [0, 0.05) is 10.9 Å². The molecule has 1 aromatic heterocycles. The van der Waals surface area contributed by atoms with Crippen LogP contribution in [0.4, 0.5) is 8.78 Å². The van der Waals surface area contributed by atoms with Crippen LogP contribution in [0, 0.1) is 11.6 Å². The van der Waals surface area contributed by atoms with E-state index < -0.39 is 41.5 Å². The zero-order valence-electron chi connectivity index (χ0n) is 13.7. The number of halogens is 2. The summed E-state index contributed by atoms with van der Waals surface area (Å²) in [6.07, 6.45) is -0.320. The Hall–Kier alpha value is -2.81. The van der Waals surface area contributed by atoms with Crippen LogP contribution in [0.1, 0.15) is 23.4 Å². The van der Waals surface area contributed by atoms with Crippen molar-refractivity contribution in [1.82, 2.24) is 10.6 Å². The molecule has 0 aliphatic heterocycles. The summed E-state index contributed by atoms with van der Waals surface area (Å²) >= 11 is 1.18. The zero-order chi connectivity index (χ0) is 19.3. The summed E-state index contributed by atoms with van der Waals surface area (Å²) in [5, 5.41) is 15.6. The number of carboxylic acid groups (broad SMARTS) is 1. The van der Waals surface area contributed by atoms with Crippen LogP contribution in [-0.4, -0.2) is 28.9 Å². The Morgan fingerprint density at radius 1 is 1.15 bits per heavy atom. The molecule has 1 aromatic carbocycles. The summed E-state index contributed by atoms with van der Waals surface area (Å²) in [6, 6.07) is 3.71. The van der Waals surface area contributed by atoms with E-state index in [0.29, 0.717) is 10.9 Å². The maximum absolute atomic E-state index is 13.1. The molecule has 0 saturated carbocycles. The van der Waals surface area contributed by atoms with Crippen molar-refractivity contribution in [1.29, 1.82) is 0 Å². The van der Waals surface area contributed by atoms with Gasteiger partial charge >= 0.3 is 5.97 Å². The van der Waals surface area contributed by atoms with Crippen LogP contribution in [0.25, 0.3) is 0 Å². The first-order valence-corrected chi connectivity index (χ1v) is 8.45. The van der Waals surface area contributed by atoms with Gasteiger partial charge < -0.3 is 15.7 Å². The molecule has 2 rings (SSSR count). The molecular weight excluding hydrogens is 366 g/mol. The van der Waals surface area contributed by atoms with Crippen LogP contribution in [0.3, 0.4) is 0 Å². The molecule has 0 radical (unpaired) electrons. The van der Waals surface area contributed by atoms with Crippen LogP contribution in [0.5, 0.6) is 0 Å². The SMILES string of the molecule is C[C@H](NC(=O)Cc1cc(F)cc(F)c1)C(=O)N[C@@H](C(=O)O)c1cccs1. The molecule has 2 aromatic rings. The Morgan fingerprint density at radius 2 is 1.81 bits per heavy atom. The average molecular weight is 382 g/mol. The molecular formula is C17H16F2N2O4S. The number of hydrogen-bond acceptors (Lipinski definition) is 4. The standard InChI is InChI=1S/C17H16F2N2O4S/c1-9(16(23)21-15(17(24)25)13-3-2-4-26-13)20-14(22)7-10-5-11(18)8-12(19)6-10/h2-6,8-9,15H,7H2,1H3,(H,20,22)(H,21,23)(H,24,25)/t9-,15+/m0/s1. The van der Waals surface area contributed by atoms with Gasteiger partial charge in [-0.15, -0.1) is 11.3 Å². The fourth-order valence-electron chi connectivity index (χ4n) is 2.23. The van der Waals surface area contributed by atoms with Gasteiger partial charge in [0.2, 0.25) is 11.8 Å². The minimum atomic E-state index is -1.23. The van der Waals surface area contributed by atoms with E-state index in [1.165, 1.54) is 18.3 Å². The monoisotopic (exact) mass is 382 g/mol. The van der Waals surface area contributed by atoms with Crippen molar-refractivity contribution < 1.29 is 28.3 Å². The first-order chi connectivity index (χ1) is 12.3. The normalized spacial score (nSPS) is 12.9. The van der Waals surface area contributed by atoms with E-state index in [4.69, 9.17) is 0 Å². The van der Waals surface area contributed by atoms with Gasteiger partial charge in [-0.25, -0.2) is 13.6 Å². The quantitative estimate of drug-likeness (QED) is 0.683. The lowest BCUT2D eigenvalue weighted by molar-refractivity contribution is -0.142. The van der Waals surface area contributed by atoms with Crippen LogP contribution >= 0.6 is 11.3 Å². The zero-order valence-corrected chi connectivity index (χ0v) is 14.5. The second-order valence-electron chi connectivity index (χ2n) is 5.54. The van der Waals surface area contributed by atoms with Crippen LogP contribution in [0.2, 0.25) is 0 Å². The number of aliphatic carboxylic acids is 1. The van der Waals surface area contributed by atoms with Gasteiger partial charge in [-0.1, -0.05) is 6.07 Å². The number of hydrogen-bond donors (Lipinski definition) is 3. The molecule has 0 spiro atoms.